The molecule has 35 heavy (non-hydrogen) atoms. The molecular formula is C27H23N5O2S. The fourth-order valence-corrected chi connectivity index (χ4v) is 6.18. The number of rotatable bonds is 3. The molecule has 1 saturated heterocycles. The first-order valence-corrected chi connectivity index (χ1v) is 12.1. The number of amides is 2. The van der Waals surface area contributed by atoms with Gasteiger partial charge in [-0.1, -0.05) is 102 Å². The summed E-state index contributed by atoms with van der Waals surface area (Å²) in [6, 6.07) is 29.0. The van der Waals surface area contributed by atoms with Gasteiger partial charge in [-0.3, -0.25) is 20.0 Å². The van der Waals surface area contributed by atoms with Gasteiger partial charge in [0.25, 0.3) is 5.56 Å². The monoisotopic (exact) mass is 481 g/mol. The average molecular weight is 482 g/mol. The van der Waals surface area contributed by atoms with Gasteiger partial charge in [0, 0.05) is 25.2 Å². The van der Waals surface area contributed by atoms with Crippen molar-refractivity contribution in [2.24, 2.45) is 4.99 Å². The lowest BCUT2D eigenvalue weighted by Crippen LogP contribution is -2.67. The molecule has 174 valence electrons. The number of fused-ring (bicyclic) bond motifs is 2. The molecule has 3 heterocycles. The third kappa shape index (κ3) is 2.80. The molecule has 2 amide bonds. The van der Waals surface area contributed by atoms with Crippen molar-refractivity contribution in [2.45, 2.75) is 11.3 Å². The van der Waals surface area contributed by atoms with E-state index in [4.69, 9.17) is 4.99 Å². The minimum atomic E-state index is -1.16. The van der Waals surface area contributed by atoms with E-state index in [9.17, 15) is 9.59 Å². The van der Waals surface area contributed by atoms with E-state index in [2.05, 4.69) is 5.43 Å². The molecule has 1 aromatic heterocycles. The topological polar surface area (TPSA) is 69.9 Å². The molecule has 0 bridgehead atoms. The van der Waals surface area contributed by atoms with Gasteiger partial charge in [0.1, 0.15) is 0 Å². The predicted octanol–water partition coefficient (Wildman–Crippen LogP) is 2.62. The van der Waals surface area contributed by atoms with Crippen LogP contribution in [-0.2, 0) is 11.3 Å². The van der Waals surface area contributed by atoms with Crippen molar-refractivity contribution in [1.29, 1.82) is 0 Å². The zero-order chi connectivity index (χ0) is 24.2. The molecule has 2 aliphatic rings. The number of urea groups is 1. The van der Waals surface area contributed by atoms with Gasteiger partial charge in [-0.05, 0) is 11.6 Å². The van der Waals surface area contributed by atoms with Crippen LogP contribution in [0, 0.1) is 0 Å². The Hall–Kier alpha value is -4.17. The molecule has 1 fully saturated rings. The number of carbonyl (C=O) groups is 1. The maximum atomic E-state index is 13.6. The van der Waals surface area contributed by atoms with Crippen LogP contribution in [0.5, 0.6) is 0 Å². The zero-order valence-corrected chi connectivity index (χ0v) is 20.1. The molecule has 0 aliphatic carbocycles. The molecule has 0 spiro atoms. The molecule has 0 saturated carbocycles. The first kappa shape index (κ1) is 21.4. The summed E-state index contributed by atoms with van der Waals surface area (Å²) in [4.78, 5) is 36.2. The van der Waals surface area contributed by atoms with Gasteiger partial charge < -0.3 is 0 Å². The van der Waals surface area contributed by atoms with Gasteiger partial charge in [0.2, 0.25) is 16.1 Å². The van der Waals surface area contributed by atoms with Crippen LogP contribution in [0.1, 0.15) is 16.7 Å². The Morgan fingerprint density at radius 2 is 1.37 bits per heavy atom. The standard InChI is InChI=1S/C27H23N5O2S/c1-30-25(34)31(2)27(21-16-10-5-11-17-21)26(30,20-14-8-4-9-15-20)28-24-32(29-27)23(33)22(35-24)18-19-12-6-3-7-13-19/h3-18,29H,1-2H3/b22-18+/t26-,27-/m1/s1. The number of hydrogen-bond donors (Lipinski definition) is 1. The van der Waals surface area contributed by atoms with Crippen molar-refractivity contribution in [3.8, 4) is 0 Å². The first-order chi connectivity index (χ1) is 17.0. The van der Waals surface area contributed by atoms with Crippen LogP contribution in [0.15, 0.2) is 101 Å². The molecule has 6 rings (SSSR count). The van der Waals surface area contributed by atoms with Crippen LogP contribution in [0.25, 0.3) is 6.08 Å². The number of aromatic nitrogens is 1. The number of nitrogens with one attached hydrogen (secondary N) is 1. The number of carbonyl (C=O) groups excluding carboxylic acids is 1. The van der Waals surface area contributed by atoms with Crippen molar-refractivity contribution in [3.63, 3.8) is 0 Å². The highest BCUT2D eigenvalue weighted by Crippen LogP contribution is 2.53. The summed E-state index contributed by atoms with van der Waals surface area (Å²) in [6.45, 7) is 0. The molecule has 3 aromatic carbocycles. The molecule has 0 radical (unpaired) electrons. The Labute approximate surface area is 205 Å². The van der Waals surface area contributed by atoms with Crippen LogP contribution < -0.4 is 20.3 Å². The molecular weight excluding hydrogens is 458 g/mol. The maximum Gasteiger partial charge on any atom is 0.324 e. The van der Waals surface area contributed by atoms with Gasteiger partial charge in [0.15, 0.2) is 0 Å². The van der Waals surface area contributed by atoms with Crippen molar-refractivity contribution in [2.75, 3.05) is 19.5 Å². The summed E-state index contributed by atoms with van der Waals surface area (Å²) in [5.41, 5.74) is 3.56. The van der Waals surface area contributed by atoms with Crippen molar-refractivity contribution in [1.82, 2.24) is 14.5 Å². The molecule has 2 atom stereocenters. The third-order valence-corrected chi connectivity index (χ3v) is 7.84. The molecule has 8 heteroatoms. The lowest BCUT2D eigenvalue weighted by atomic mass is 9.80. The molecule has 1 N–H and O–H groups in total. The van der Waals surface area contributed by atoms with Gasteiger partial charge in [-0.2, -0.15) is 4.68 Å². The van der Waals surface area contributed by atoms with E-state index < -0.39 is 11.3 Å². The van der Waals surface area contributed by atoms with E-state index in [0.717, 1.165) is 16.7 Å². The highest BCUT2D eigenvalue weighted by atomic mass is 32.1. The fraction of sp³-hybridized carbons (Fsp3) is 0.148. The number of benzene rings is 3. The van der Waals surface area contributed by atoms with E-state index >= 15 is 0 Å². The predicted molar refractivity (Wildman–Crippen MR) is 136 cm³/mol. The van der Waals surface area contributed by atoms with Crippen molar-refractivity contribution >= 4 is 23.4 Å². The van der Waals surface area contributed by atoms with Gasteiger partial charge in [-0.25, -0.2) is 9.79 Å². The van der Waals surface area contributed by atoms with Crippen LogP contribution in [0.2, 0.25) is 0 Å². The average Bonchev–Trinajstić information content (AvgIpc) is 3.29. The van der Waals surface area contributed by atoms with E-state index in [0.29, 0.717) is 9.33 Å². The maximum absolute atomic E-state index is 13.6. The second kappa shape index (κ2) is 7.68. The SMILES string of the molecule is CN1C(=O)N(C)[C@@]2(c3ccccc3)Nn3c(s/c(=C/c4ccccc4)c3=O)=N[C@]12c1ccccc1. The van der Waals surface area contributed by atoms with Gasteiger partial charge in [-0.15, -0.1) is 0 Å². The smallest absolute Gasteiger partial charge is 0.295 e. The first-order valence-electron chi connectivity index (χ1n) is 11.3. The number of thiazole rings is 1. The largest absolute Gasteiger partial charge is 0.324 e. The zero-order valence-electron chi connectivity index (χ0n) is 19.3. The molecule has 4 aromatic rings. The summed E-state index contributed by atoms with van der Waals surface area (Å²) in [5, 5.41) is 0. The molecule has 2 aliphatic heterocycles. The van der Waals surface area contributed by atoms with Crippen LogP contribution in [0.3, 0.4) is 0 Å². The highest BCUT2D eigenvalue weighted by molar-refractivity contribution is 7.07. The summed E-state index contributed by atoms with van der Waals surface area (Å²) in [6.07, 6.45) is 1.87. The van der Waals surface area contributed by atoms with Gasteiger partial charge >= 0.3 is 6.03 Å². The van der Waals surface area contributed by atoms with E-state index in [1.165, 1.54) is 16.0 Å². The lowest BCUT2D eigenvalue weighted by Gasteiger charge is -2.49. The lowest BCUT2D eigenvalue weighted by molar-refractivity contribution is 0.0648. The number of hydrogen-bond acceptors (Lipinski definition) is 5. The Morgan fingerprint density at radius 1 is 0.800 bits per heavy atom. The Kier molecular flexibility index (Phi) is 4.69. The van der Waals surface area contributed by atoms with E-state index in [-0.39, 0.29) is 11.6 Å². The van der Waals surface area contributed by atoms with Crippen molar-refractivity contribution in [3.05, 3.63) is 127 Å². The van der Waals surface area contributed by atoms with Crippen molar-refractivity contribution < 1.29 is 4.79 Å². The summed E-state index contributed by atoms with van der Waals surface area (Å²) < 4.78 is 2.04. The summed E-state index contributed by atoms with van der Waals surface area (Å²) in [5.74, 6) is 0. The minimum Gasteiger partial charge on any atom is -0.295 e. The molecule has 7 nitrogen and oxygen atoms in total. The summed E-state index contributed by atoms with van der Waals surface area (Å²) in [7, 11) is 3.51. The Bertz CT molecular complexity index is 1600. The minimum absolute atomic E-state index is 0.201. The summed E-state index contributed by atoms with van der Waals surface area (Å²) >= 11 is 1.31. The Morgan fingerprint density at radius 3 is 2.00 bits per heavy atom. The van der Waals surface area contributed by atoms with Gasteiger partial charge in [0.05, 0.1) is 4.53 Å². The van der Waals surface area contributed by atoms with E-state index in [1.54, 1.807) is 23.9 Å². The normalized spacial score (nSPS) is 23.5. The second-order valence-electron chi connectivity index (χ2n) is 8.68. The number of likely N-dealkylation sites (N-methyl/N-ethyl adjacent to an activating group) is 2. The van der Waals surface area contributed by atoms with Crippen LogP contribution in [0.4, 0.5) is 4.79 Å². The molecule has 0 unspecified atom stereocenters. The third-order valence-electron chi connectivity index (χ3n) is 6.87. The number of nitrogens with zero attached hydrogens (tertiary/aromatic N) is 4. The quantitative estimate of drug-likeness (QED) is 0.489. The van der Waals surface area contributed by atoms with Crippen LogP contribution in [-0.4, -0.2) is 34.6 Å². The fourth-order valence-electron chi connectivity index (χ4n) is 5.22. The Balaban J connectivity index is 1.72. The van der Waals surface area contributed by atoms with E-state index in [1.807, 2.05) is 97.1 Å². The van der Waals surface area contributed by atoms with Crippen LogP contribution >= 0.6 is 11.3 Å². The highest BCUT2D eigenvalue weighted by Gasteiger charge is 2.69. The second-order valence-corrected chi connectivity index (χ2v) is 9.69.